The number of anilines is 2. The van der Waals surface area contributed by atoms with Crippen LogP contribution in [0.5, 0.6) is 11.5 Å². The van der Waals surface area contributed by atoms with Crippen LogP contribution in [0.2, 0.25) is 0 Å². The van der Waals surface area contributed by atoms with Gasteiger partial charge in [0.05, 0.1) is 0 Å². The molecule has 1 aliphatic heterocycles. The molecule has 0 aliphatic carbocycles. The van der Waals surface area contributed by atoms with E-state index in [1.165, 1.54) is 33.4 Å². The molecule has 0 atom stereocenters. The SMILES string of the molecule is Cc1ccnc(N2CCC(C)(C)c3ccc(Oc4cccc(-n5[c](=[Pt])n(-c6c(-c7ccccc7)cccc6-c6ccccc6)c6ccccc65)c4)cc32)c1. The van der Waals surface area contributed by atoms with E-state index >= 15 is 0 Å². The van der Waals surface area contributed by atoms with E-state index in [1.807, 2.05) is 18.3 Å². The molecule has 0 N–H and O–H groups in total. The average molecular weight is 884 g/mol. The van der Waals surface area contributed by atoms with Crippen LogP contribution in [0, 0.1) is 10.7 Å². The van der Waals surface area contributed by atoms with Crippen LogP contribution < -0.4 is 9.64 Å². The Hall–Kier alpha value is -5.77. The molecule has 54 heavy (non-hydrogen) atoms. The number of nitrogens with zero attached hydrogens (tertiary/aromatic N) is 4. The van der Waals surface area contributed by atoms with Gasteiger partial charge in [0, 0.05) is 6.20 Å². The molecular weight excluding hydrogens is 844 g/mol. The summed E-state index contributed by atoms with van der Waals surface area (Å²) in [5.41, 5.74) is 12.8. The molecule has 0 amide bonds. The van der Waals surface area contributed by atoms with E-state index in [1.54, 1.807) is 0 Å². The van der Waals surface area contributed by atoms with Gasteiger partial charge in [-0.2, -0.15) is 0 Å². The van der Waals surface area contributed by atoms with Crippen molar-refractivity contribution in [2.24, 2.45) is 0 Å². The molecule has 6 heteroatoms. The first-order chi connectivity index (χ1) is 26.4. The Kier molecular flexibility index (Phi) is 8.75. The van der Waals surface area contributed by atoms with Gasteiger partial charge in [0.15, 0.2) is 0 Å². The van der Waals surface area contributed by atoms with Gasteiger partial charge in [0.25, 0.3) is 0 Å². The van der Waals surface area contributed by atoms with Gasteiger partial charge in [-0.3, -0.25) is 0 Å². The number of aromatic nitrogens is 3. The Labute approximate surface area is 327 Å². The Morgan fingerprint density at radius 2 is 1.26 bits per heavy atom. The number of fused-ring (bicyclic) bond motifs is 2. The molecule has 9 rings (SSSR count). The molecular formula is C48H40N4OPt. The molecule has 6 aromatic carbocycles. The van der Waals surface area contributed by atoms with Crippen molar-refractivity contribution in [3.05, 3.63) is 179 Å². The number of ether oxygens (including phenoxy) is 1. The van der Waals surface area contributed by atoms with Gasteiger partial charge in [-0.1, -0.05) is 0 Å². The molecule has 3 heterocycles. The van der Waals surface area contributed by atoms with Crippen molar-refractivity contribution in [2.45, 2.75) is 32.6 Å². The van der Waals surface area contributed by atoms with Crippen LogP contribution in [0.25, 0.3) is 44.7 Å². The molecule has 0 saturated carbocycles. The Morgan fingerprint density at radius 3 is 1.94 bits per heavy atom. The maximum atomic E-state index is 6.71. The molecule has 0 radical (unpaired) electrons. The van der Waals surface area contributed by atoms with Crippen LogP contribution >= 0.6 is 0 Å². The number of rotatable bonds is 7. The first-order valence-electron chi connectivity index (χ1n) is 18.4. The summed E-state index contributed by atoms with van der Waals surface area (Å²) in [6.45, 7) is 7.67. The predicted molar refractivity (Wildman–Crippen MR) is 217 cm³/mol. The molecule has 0 bridgehead atoms. The molecule has 5 nitrogen and oxygen atoms in total. The van der Waals surface area contributed by atoms with Crippen LogP contribution in [0.3, 0.4) is 0 Å². The summed E-state index contributed by atoms with van der Waals surface area (Å²) < 4.78 is 12.5. The first kappa shape index (κ1) is 34.0. The van der Waals surface area contributed by atoms with Crippen LogP contribution in [-0.2, 0) is 24.8 Å². The van der Waals surface area contributed by atoms with Crippen molar-refractivity contribution in [3.63, 3.8) is 0 Å². The summed E-state index contributed by atoms with van der Waals surface area (Å²) in [6, 6.07) is 55.8. The Morgan fingerprint density at radius 1 is 0.630 bits per heavy atom. The van der Waals surface area contributed by atoms with Gasteiger partial charge in [-0.05, 0) is 18.6 Å². The van der Waals surface area contributed by atoms with Gasteiger partial charge < -0.3 is 0 Å². The van der Waals surface area contributed by atoms with Gasteiger partial charge >= 0.3 is 304 Å². The fourth-order valence-electron chi connectivity index (χ4n) is 7.80. The molecule has 268 valence electrons. The van der Waals surface area contributed by atoms with E-state index in [0.29, 0.717) is 0 Å². The van der Waals surface area contributed by atoms with Crippen molar-refractivity contribution in [3.8, 4) is 45.1 Å². The second-order valence-electron chi connectivity index (χ2n) is 14.6. The van der Waals surface area contributed by atoms with Gasteiger partial charge in [0.1, 0.15) is 0 Å². The van der Waals surface area contributed by atoms with Gasteiger partial charge in [-0.25, -0.2) is 0 Å². The topological polar surface area (TPSA) is 35.2 Å². The number of hydrogen-bond donors (Lipinski definition) is 0. The van der Waals surface area contributed by atoms with Crippen LogP contribution in [0.1, 0.15) is 31.4 Å². The number of hydrogen-bond acceptors (Lipinski definition) is 3. The van der Waals surface area contributed by atoms with E-state index in [-0.39, 0.29) is 5.41 Å². The third-order valence-electron chi connectivity index (χ3n) is 10.6. The molecule has 0 fully saturated rings. The quantitative estimate of drug-likeness (QED) is 0.160. The van der Waals surface area contributed by atoms with Crippen LogP contribution in [0.4, 0.5) is 11.5 Å². The number of benzene rings is 6. The zero-order chi connectivity index (χ0) is 36.8. The minimum atomic E-state index is 0.0508. The van der Waals surface area contributed by atoms with Crippen molar-refractivity contribution in [2.75, 3.05) is 11.4 Å². The number of pyridine rings is 1. The molecule has 0 spiro atoms. The van der Waals surface area contributed by atoms with E-state index in [2.05, 4.69) is 200 Å². The third kappa shape index (κ3) is 6.13. The summed E-state index contributed by atoms with van der Waals surface area (Å²) in [7, 11) is 0. The van der Waals surface area contributed by atoms with Gasteiger partial charge in [-0.15, -0.1) is 0 Å². The van der Waals surface area contributed by atoms with E-state index < -0.39 is 0 Å². The van der Waals surface area contributed by atoms with Crippen molar-refractivity contribution in [1.29, 1.82) is 0 Å². The fourth-order valence-corrected chi connectivity index (χ4v) is 8.90. The zero-order valence-electron chi connectivity index (χ0n) is 30.5. The number of imidazole rings is 1. The fraction of sp³-hybridized carbons (Fsp3) is 0.125. The Balaban J connectivity index is 1.16. The normalized spacial score (nSPS) is 13.5. The van der Waals surface area contributed by atoms with E-state index in [0.717, 1.165) is 62.2 Å². The zero-order valence-corrected chi connectivity index (χ0v) is 32.8. The minimum absolute atomic E-state index is 0.0508. The van der Waals surface area contributed by atoms with Crippen molar-refractivity contribution in [1.82, 2.24) is 14.1 Å². The summed E-state index contributed by atoms with van der Waals surface area (Å²) in [5, 5.41) is 0. The third-order valence-corrected chi connectivity index (χ3v) is 11.6. The summed E-state index contributed by atoms with van der Waals surface area (Å²) >= 11 is 2.50. The van der Waals surface area contributed by atoms with E-state index in [4.69, 9.17) is 9.72 Å². The molecule has 0 unspecified atom stereocenters. The molecule has 0 saturated heterocycles. The van der Waals surface area contributed by atoms with E-state index in [9.17, 15) is 0 Å². The average Bonchev–Trinajstić information content (AvgIpc) is 3.49. The first-order valence-corrected chi connectivity index (χ1v) is 19.5. The molecule has 2 aromatic heterocycles. The van der Waals surface area contributed by atoms with Crippen molar-refractivity contribution < 1.29 is 24.1 Å². The maximum absolute atomic E-state index is 6.71. The standard InChI is InChI=1S/C48H40N4O.Pt/c1-34-26-28-49-46(30-34)50-29-27-48(2,3)42-25-24-39(32-45(42)50)53-38-19-12-18-37(31-38)51-33-52(44-23-11-10-22-43(44)51)47-40(35-14-6-4-7-15-35)20-13-21-41(47)36-16-8-5-9-17-36;/h4-26,28,30-32H,27,29H2,1-3H3;. The predicted octanol–water partition coefficient (Wildman–Crippen LogP) is 12.1. The Bertz CT molecular complexity index is 2660. The van der Waals surface area contributed by atoms with Gasteiger partial charge in [0.2, 0.25) is 0 Å². The van der Waals surface area contributed by atoms with Crippen LogP contribution in [0.15, 0.2) is 164 Å². The van der Waals surface area contributed by atoms with Crippen LogP contribution in [-0.4, -0.2) is 20.7 Å². The second kappa shape index (κ2) is 13.9. The summed E-state index contributed by atoms with van der Waals surface area (Å²) in [6.07, 6.45) is 2.94. The molecule has 1 aliphatic rings. The number of aryl methyl sites for hydroxylation is 1. The molecule has 8 aromatic rings. The monoisotopic (exact) mass is 883 g/mol. The summed E-state index contributed by atoms with van der Waals surface area (Å²) in [5.74, 6) is 2.54. The summed E-state index contributed by atoms with van der Waals surface area (Å²) in [4.78, 5) is 7.08. The second-order valence-corrected chi connectivity index (χ2v) is 15.6. The number of para-hydroxylation sites is 3. The van der Waals surface area contributed by atoms with Crippen molar-refractivity contribution >= 4 is 22.5 Å².